The number of alkyl halides is 2. The standard InChI is InChI=1S/C12H12F2N2O2S/c1-2-10(17)16-5-9(12(13,14)7-16)15-11(18)8-3-4-19-6-8/h2-4,6,9H,1,5,7H2,(H,15,18). The molecule has 0 saturated carbocycles. The molecule has 19 heavy (non-hydrogen) atoms. The number of amides is 2. The van der Waals surface area contributed by atoms with E-state index >= 15 is 0 Å². The van der Waals surface area contributed by atoms with Crippen molar-refractivity contribution in [2.24, 2.45) is 0 Å². The molecular formula is C12H12F2N2O2S. The van der Waals surface area contributed by atoms with Gasteiger partial charge in [-0.15, -0.1) is 0 Å². The van der Waals surface area contributed by atoms with Gasteiger partial charge in [0, 0.05) is 17.5 Å². The van der Waals surface area contributed by atoms with Crippen LogP contribution >= 0.6 is 11.3 Å². The number of carbonyl (C=O) groups is 2. The van der Waals surface area contributed by atoms with E-state index in [0.29, 0.717) is 5.56 Å². The van der Waals surface area contributed by atoms with Gasteiger partial charge in [0.05, 0.1) is 6.54 Å². The van der Waals surface area contributed by atoms with E-state index in [1.807, 2.05) is 0 Å². The van der Waals surface area contributed by atoms with Crippen LogP contribution in [0.1, 0.15) is 10.4 Å². The molecule has 2 heterocycles. The number of nitrogens with one attached hydrogen (secondary N) is 1. The van der Waals surface area contributed by atoms with E-state index in [0.717, 1.165) is 11.0 Å². The maximum Gasteiger partial charge on any atom is 0.286 e. The van der Waals surface area contributed by atoms with E-state index in [1.54, 1.807) is 16.8 Å². The van der Waals surface area contributed by atoms with Gasteiger partial charge in [-0.3, -0.25) is 9.59 Å². The van der Waals surface area contributed by atoms with Crippen molar-refractivity contribution < 1.29 is 18.4 Å². The Kier molecular flexibility index (Phi) is 3.66. The highest BCUT2D eigenvalue weighted by Crippen LogP contribution is 2.28. The van der Waals surface area contributed by atoms with Crippen LogP contribution in [-0.4, -0.2) is 41.8 Å². The van der Waals surface area contributed by atoms with Crippen LogP contribution in [-0.2, 0) is 4.79 Å². The Morgan fingerprint density at radius 2 is 2.32 bits per heavy atom. The summed E-state index contributed by atoms with van der Waals surface area (Å²) in [4.78, 5) is 24.0. The summed E-state index contributed by atoms with van der Waals surface area (Å²) in [6, 6.07) is 0.184. The monoisotopic (exact) mass is 286 g/mol. The predicted octanol–water partition coefficient (Wildman–Crippen LogP) is 1.51. The van der Waals surface area contributed by atoms with Crippen LogP contribution in [0.3, 0.4) is 0 Å². The summed E-state index contributed by atoms with van der Waals surface area (Å²) in [5.41, 5.74) is 0.342. The van der Waals surface area contributed by atoms with Gasteiger partial charge in [-0.05, 0) is 17.5 Å². The minimum Gasteiger partial charge on any atom is -0.341 e. The summed E-state index contributed by atoms with van der Waals surface area (Å²) in [5, 5.41) is 5.54. The second-order valence-corrected chi connectivity index (χ2v) is 5.00. The Bertz CT molecular complexity index is 502. The van der Waals surface area contributed by atoms with Gasteiger partial charge < -0.3 is 10.2 Å². The lowest BCUT2D eigenvalue weighted by Gasteiger charge is -2.18. The summed E-state index contributed by atoms with van der Waals surface area (Å²) in [5.74, 6) is -4.25. The number of rotatable bonds is 3. The van der Waals surface area contributed by atoms with E-state index in [9.17, 15) is 18.4 Å². The number of carbonyl (C=O) groups excluding carboxylic acids is 2. The lowest BCUT2D eigenvalue weighted by Crippen LogP contribution is -2.46. The molecule has 4 nitrogen and oxygen atoms in total. The second-order valence-electron chi connectivity index (χ2n) is 4.22. The number of likely N-dealkylation sites (tertiary alicyclic amines) is 1. The lowest BCUT2D eigenvalue weighted by molar-refractivity contribution is -0.126. The highest BCUT2D eigenvalue weighted by molar-refractivity contribution is 7.08. The van der Waals surface area contributed by atoms with Crippen LogP contribution < -0.4 is 5.32 Å². The first-order valence-corrected chi connectivity index (χ1v) is 6.50. The van der Waals surface area contributed by atoms with Crippen LogP contribution in [0.2, 0.25) is 0 Å². The molecule has 0 aromatic carbocycles. The fraction of sp³-hybridized carbons (Fsp3) is 0.333. The average molecular weight is 286 g/mol. The van der Waals surface area contributed by atoms with Crippen molar-refractivity contribution in [2.75, 3.05) is 13.1 Å². The number of thiophene rings is 1. The number of hydrogen-bond acceptors (Lipinski definition) is 3. The van der Waals surface area contributed by atoms with E-state index in [1.165, 1.54) is 11.3 Å². The van der Waals surface area contributed by atoms with Gasteiger partial charge in [0.1, 0.15) is 6.04 Å². The lowest BCUT2D eigenvalue weighted by atomic mass is 10.2. The van der Waals surface area contributed by atoms with Crippen molar-refractivity contribution in [3.8, 4) is 0 Å². The Balaban J connectivity index is 2.06. The Labute approximate surface area is 112 Å². The largest absolute Gasteiger partial charge is 0.341 e. The van der Waals surface area contributed by atoms with Crippen LogP contribution in [0.4, 0.5) is 8.78 Å². The van der Waals surface area contributed by atoms with Crippen molar-refractivity contribution in [1.82, 2.24) is 10.2 Å². The van der Waals surface area contributed by atoms with Crippen molar-refractivity contribution in [3.05, 3.63) is 35.0 Å². The van der Waals surface area contributed by atoms with Crippen LogP contribution in [0, 0.1) is 0 Å². The molecule has 0 radical (unpaired) electrons. The first-order valence-electron chi connectivity index (χ1n) is 5.56. The smallest absolute Gasteiger partial charge is 0.286 e. The molecule has 1 aromatic rings. The predicted molar refractivity (Wildman–Crippen MR) is 67.3 cm³/mol. The topological polar surface area (TPSA) is 49.4 Å². The van der Waals surface area contributed by atoms with Gasteiger partial charge in [-0.25, -0.2) is 8.78 Å². The van der Waals surface area contributed by atoms with Crippen LogP contribution in [0.15, 0.2) is 29.5 Å². The Hall–Kier alpha value is -1.76. The molecule has 0 aliphatic carbocycles. The van der Waals surface area contributed by atoms with Crippen molar-refractivity contribution in [1.29, 1.82) is 0 Å². The summed E-state index contributed by atoms with van der Waals surface area (Å²) < 4.78 is 27.4. The zero-order valence-corrected chi connectivity index (χ0v) is 10.8. The maximum absolute atomic E-state index is 13.7. The zero-order valence-electron chi connectivity index (χ0n) is 9.94. The van der Waals surface area contributed by atoms with Gasteiger partial charge in [-0.1, -0.05) is 6.58 Å². The van der Waals surface area contributed by atoms with E-state index in [-0.39, 0.29) is 6.54 Å². The molecule has 1 N–H and O–H groups in total. The third-order valence-corrected chi connectivity index (χ3v) is 3.57. The highest BCUT2D eigenvalue weighted by atomic mass is 32.1. The second kappa shape index (κ2) is 5.08. The van der Waals surface area contributed by atoms with E-state index < -0.39 is 30.3 Å². The average Bonchev–Trinajstić information content (AvgIpc) is 2.97. The molecule has 2 rings (SSSR count). The minimum absolute atomic E-state index is 0.215. The molecule has 1 atom stereocenters. The van der Waals surface area contributed by atoms with Gasteiger partial charge in [0.25, 0.3) is 11.8 Å². The SMILES string of the molecule is C=CC(=O)N1CC(NC(=O)c2ccsc2)C(F)(F)C1. The fourth-order valence-electron chi connectivity index (χ4n) is 1.87. The quantitative estimate of drug-likeness (QED) is 0.856. The molecule has 7 heteroatoms. The Morgan fingerprint density at radius 1 is 1.58 bits per heavy atom. The minimum atomic E-state index is -3.13. The molecule has 1 unspecified atom stereocenters. The third kappa shape index (κ3) is 2.81. The maximum atomic E-state index is 13.7. The molecule has 102 valence electrons. The van der Waals surface area contributed by atoms with E-state index in [2.05, 4.69) is 11.9 Å². The molecule has 1 aliphatic heterocycles. The summed E-state index contributed by atoms with van der Waals surface area (Å²) in [6.45, 7) is 2.34. The van der Waals surface area contributed by atoms with Gasteiger partial charge in [-0.2, -0.15) is 11.3 Å². The van der Waals surface area contributed by atoms with Crippen molar-refractivity contribution in [2.45, 2.75) is 12.0 Å². The molecule has 0 bridgehead atoms. The summed E-state index contributed by atoms with van der Waals surface area (Å²) in [6.07, 6.45) is 0.985. The van der Waals surface area contributed by atoms with E-state index in [4.69, 9.17) is 0 Å². The molecule has 1 aromatic heterocycles. The van der Waals surface area contributed by atoms with Crippen LogP contribution in [0.25, 0.3) is 0 Å². The van der Waals surface area contributed by atoms with Gasteiger partial charge in [0.15, 0.2) is 0 Å². The molecule has 2 amide bonds. The normalized spacial score (nSPS) is 21.2. The molecule has 1 saturated heterocycles. The summed E-state index contributed by atoms with van der Waals surface area (Å²) >= 11 is 1.31. The van der Waals surface area contributed by atoms with Crippen molar-refractivity contribution >= 4 is 23.2 Å². The molecular weight excluding hydrogens is 274 g/mol. The van der Waals surface area contributed by atoms with Gasteiger partial charge >= 0.3 is 0 Å². The number of halogens is 2. The number of hydrogen-bond donors (Lipinski definition) is 1. The highest BCUT2D eigenvalue weighted by Gasteiger charge is 2.49. The van der Waals surface area contributed by atoms with Gasteiger partial charge in [0.2, 0.25) is 5.91 Å². The zero-order chi connectivity index (χ0) is 14.0. The first kappa shape index (κ1) is 13.7. The Morgan fingerprint density at radius 3 is 2.89 bits per heavy atom. The van der Waals surface area contributed by atoms with Crippen LogP contribution in [0.5, 0.6) is 0 Å². The van der Waals surface area contributed by atoms with Crippen molar-refractivity contribution in [3.63, 3.8) is 0 Å². The molecule has 1 fully saturated rings. The number of nitrogens with zero attached hydrogens (tertiary/aromatic N) is 1. The first-order chi connectivity index (χ1) is 8.94. The third-order valence-electron chi connectivity index (χ3n) is 2.89. The molecule has 1 aliphatic rings. The molecule has 0 spiro atoms. The summed E-state index contributed by atoms with van der Waals surface area (Å²) in [7, 11) is 0. The fourth-order valence-corrected chi connectivity index (χ4v) is 2.50.